The molecule has 0 spiro atoms. The number of hydrogen-bond acceptors (Lipinski definition) is 7. The first-order valence-electron chi connectivity index (χ1n) is 13.1. The Bertz CT molecular complexity index is 1560. The van der Waals surface area contributed by atoms with E-state index in [1.807, 2.05) is 54.4 Å². The van der Waals surface area contributed by atoms with Gasteiger partial charge in [-0.25, -0.2) is 0 Å². The fraction of sp³-hybridized carbons (Fsp3) is 0.188. The number of hydrogen-bond donors (Lipinski definition) is 1. The largest absolute Gasteiger partial charge is 0.507 e. The summed E-state index contributed by atoms with van der Waals surface area (Å²) in [5.41, 5.74) is 2.96. The summed E-state index contributed by atoms with van der Waals surface area (Å²) in [6, 6.07) is 25.0. The summed E-state index contributed by atoms with van der Waals surface area (Å²) in [4.78, 5) is 30.2. The zero-order valence-electron chi connectivity index (χ0n) is 21.9. The minimum Gasteiger partial charge on any atom is -0.507 e. The molecule has 0 saturated carbocycles. The highest BCUT2D eigenvalue weighted by atomic mass is 16.5. The number of likely N-dealkylation sites (N-methyl/N-ethyl adjacent to an activating group) is 1. The molecule has 0 bridgehead atoms. The van der Waals surface area contributed by atoms with E-state index in [2.05, 4.69) is 0 Å². The normalized spacial score (nSPS) is 18.0. The van der Waals surface area contributed by atoms with Gasteiger partial charge in [0.2, 0.25) is 0 Å². The van der Waals surface area contributed by atoms with Crippen molar-refractivity contribution in [2.75, 3.05) is 25.1 Å². The predicted octanol–water partition coefficient (Wildman–Crippen LogP) is 5.31. The second-order valence-electron chi connectivity index (χ2n) is 9.80. The van der Waals surface area contributed by atoms with Crippen molar-refractivity contribution in [2.45, 2.75) is 19.2 Å². The van der Waals surface area contributed by atoms with E-state index in [-0.39, 0.29) is 17.9 Å². The molecule has 6 rings (SSSR count). The van der Waals surface area contributed by atoms with Crippen molar-refractivity contribution in [1.29, 1.82) is 0 Å². The maximum atomic E-state index is 13.4. The molecule has 2 aliphatic heterocycles. The molecule has 2 aliphatic rings. The van der Waals surface area contributed by atoms with Gasteiger partial charge >= 0.3 is 0 Å². The fourth-order valence-electron chi connectivity index (χ4n) is 5.10. The number of ether oxygens (including phenoxy) is 2. The minimum absolute atomic E-state index is 0.0221. The van der Waals surface area contributed by atoms with Gasteiger partial charge in [0.15, 0.2) is 0 Å². The lowest BCUT2D eigenvalue weighted by Gasteiger charge is -2.28. The lowest BCUT2D eigenvalue weighted by molar-refractivity contribution is -0.140. The number of fused-ring (bicyclic) bond motifs is 1. The summed E-state index contributed by atoms with van der Waals surface area (Å²) in [5, 5.41) is 11.5. The van der Waals surface area contributed by atoms with Crippen LogP contribution in [0.1, 0.15) is 28.5 Å². The number of carbonyl (C=O) groups is 2. The molecule has 8 heteroatoms. The SMILES string of the molecule is CN1CCOc2ccc(/C(O)=C3/C(=O)C(=O)N(Cc4ccco4)C3c3ccc(OCc4ccccc4)cc3)cc21. The average Bonchev–Trinajstić information content (AvgIpc) is 3.59. The van der Waals surface area contributed by atoms with E-state index in [0.717, 1.165) is 11.3 Å². The number of aliphatic hydroxyl groups excluding tert-OH is 1. The molecule has 1 aromatic heterocycles. The van der Waals surface area contributed by atoms with Crippen LogP contribution in [0.2, 0.25) is 0 Å². The number of nitrogens with zero attached hydrogens (tertiary/aromatic N) is 2. The van der Waals surface area contributed by atoms with E-state index in [1.165, 1.54) is 11.2 Å². The number of rotatable bonds is 7. The van der Waals surface area contributed by atoms with Crippen molar-refractivity contribution in [2.24, 2.45) is 0 Å². The lowest BCUT2D eigenvalue weighted by atomic mass is 9.95. The van der Waals surface area contributed by atoms with Crippen LogP contribution in [-0.2, 0) is 22.7 Å². The highest BCUT2D eigenvalue weighted by Crippen LogP contribution is 2.42. The zero-order chi connectivity index (χ0) is 27.6. The first-order valence-corrected chi connectivity index (χ1v) is 13.1. The van der Waals surface area contributed by atoms with Crippen molar-refractivity contribution in [3.8, 4) is 11.5 Å². The van der Waals surface area contributed by atoms with Gasteiger partial charge in [0, 0.05) is 12.6 Å². The summed E-state index contributed by atoms with van der Waals surface area (Å²) in [7, 11) is 1.94. The molecule has 1 fully saturated rings. The van der Waals surface area contributed by atoms with Crippen molar-refractivity contribution in [3.05, 3.63) is 119 Å². The van der Waals surface area contributed by atoms with Crippen LogP contribution in [0.4, 0.5) is 5.69 Å². The number of furan rings is 1. The van der Waals surface area contributed by atoms with Gasteiger partial charge in [-0.3, -0.25) is 9.59 Å². The Balaban J connectivity index is 1.37. The van der Waals surface area contributed by atoms with Crippen molar-refractivity contribution < 1.29 is 28.6 Å². The smallest absolute Gasteiger partial charge is 0.296 e. The Hall–Kier alpha value is -4.98. The van der Waals surface area contributed by atoms with Crippen molar-refractivity contribution in [1.82, 2.24) is 4.90 Å². The summed E-state index contributed by atoms with van der Waals surface area (Å²) in [5.74, 6) is 0.185. The molecule has 3 heterocycles. The topological polar surface area (TPSA) is 92.5 Å². The molecule has 8 nitrogen and oxygen atoms in total. The van der Waals surface area contributed by atoms with Crippen LogP contribution in [0.15, 0.2) is 101 Å². The fourth-order valence-corrected chi connectivity index (χ4v) is 5.10. The van der Waals surface area contributed by atoms with Gasteiger partial charge in [-0.1, -0.05) is 42.5 Å². The number of anilines is 1. The first-order chi connectivity index (χ1) is 19.5. The third-order valence-electron chi connectivity index (χ3n) is 7.22. The average molecular weight is 537 g/mol. The van der Waals surface area contributed by atoms with Crippen LogP contribution in [0.5, 0.6) is 11.5 Å². The monoisotopic (exact) mass is 536 g/mol. The Morgan fingerprint density at radius 2 is 1.80 bits per heavy atom. The standard InChI is InChI=1S/C32H28N2O6/c1-33-15-17-39-27-14-11-23(18-26(27)33)30(35)28-29(34(32(37)31(28)36)19-25-8-5-16-38-25)22-9-12-24(13-10-22)40-20-21-6-3-2-4-7-21/h2-14,16,18,29,35H,15,17,19-20H2,1H3/b30-28-. The van der Waals surface area contributed by atoms with E-state index >= 15 is 0 Å². The molecule has 1 atom stereocenters. The van der Waals surface area contributed by atoms with E-state index in [1.54, 1.807) is 42.5 Å². The maximum Gasteiger partial charge on any atom is 0.296 e. The third kappa shape index (κ3) is 4.80. The van der Waals surface area contributed by atoms with Gasteiger partial charge in [0.25, 0.3) is 11.7 Å². The van der Waals surface area contributed by atoms with Crippen molar-refractivity contribution in [3.63, 3.8) is 0 Å². The molecule has 1 saturated heterocycles. The zero-order valence-corrected chi connectivity index (χ0v) is 21.9. The molecule has 0 aliphatic carbocycles. The Kier molecular flexibility index (Phi) is 6.74. The number of likely N-dealkylation sites (tertiary alicyclic amines) is 1. The van der Waals surface area contributed by atoms with E-state index < -0.39 is 17.7 Å². The highest BCUT2D eigenvalue weighted by molar-refractivity contribution is 6.46. The molecule has 202 valence electrons. The number of carbonyl (C=O) groups excluding carboxylic acids is 2. The van der Waals surface area contributed by atoms with Crippen LogP contribution >= 0.6 is 0 Å². The van der Waals surface area contributed by atoms with Crippen LogP contribution < -0.4 is 14.4 Å². The van der Waals surface area contributed by atoms with Gasteiger partial charge < -0.3 is 28.8 Å². The van der Waals surface area contributed by atoms with Crippen LogP contribution in [-0.4, -0.2) is 41.9 Å². The van der Waals surface area contributed by atoms with Crippen LogP contribution in [0.25, 0.3) is 5.76 Å². The van der Waals surface area contributed by atoms with Crippen LogP contribution in [0, 0.1) is 0 Å². The summed E-state index contributed by atoms with van der Waals surface area (Å²) in [6.07, 6.45) is 1.52. The first kappa shape index (κ1) is 25.3. The summed E-state index contributed by atoms with van der Waals surface area (Å²) < 4.78 is 17.1. The number of benzene rings is 3. The van der Waals surface area contributed by atoms with Crippen molar-refractivity contribution >= 4 is 23.1 Å². The molecule has 0 radical (unpaired) electrons. The Morgan fingerprint density at radius 3 is 2.55 bits per heavy atom. The van der Waals surface area contributed by atoms with Gasteiger partial charge in [-0.05, 0) is 53.6 Å². The van der Waals surface area contributed by atoms with E-state index in [4.69, 9.17) is 13.9 Å². The number of ketones is 1. The van der Waals surface area contributed by atoms with E-state index in [9.17, 15) is 14.7 Å². The second-order valence-corrected chi connectivity index (χ2v) is 9.80. The van der Waals surface area contributed by atoms with Crippen LogP contribution in [0.3, 0.4) is 0 Å². The van der Waals surface area contributed by atoms with E-state index in [0.29, 0.717) is 48.1 Å². The number of amides is 1. The Morgan fingerprint density at radius 1 is 1.00 bits per heavy atom. The van der Waals surface area contributed by atoms with Gasteiger partial charge in [-0.15, -0.1) is 0 Å². The van der Waals surface area contributed by atoms with Gasteiger partial charge in [0.05, 0.1) is 36.7 Å². The van der Waals surface area contributed by atoms with Gasteiger partial charge in [0.1, 0.15) is 36.2 Å². The molecule has 4 aromatic rings. The quantitative estimate of drug-likeness (QED) is 0.194. The molecular formula is C32H28N2O6. The summed E-state index contributed by atoms with van der Waals surface area (Å²) in [6.45, 7) is 1.75. The molecule has 1 unspecified atom stereocenters. The lowest BCUT2D eigenvalue weighted by Crippen LogP contribution is -2.29. The number of Topliss-reactive ketones (excluding diaryl/α,β-unsaturated/α-hetero) is 1. The summed E-state index contributed by atoms with van der Waals surface area (Å²) >= 11 is 0. The molecular weight excluding hydrogens is 508 g/mol. The third-order valence-corrected chi connectivity index (χ3v) is 7.22. The second kappa shape index (κ2) is 10.6. The highest BCUT2D eigenvalue weighted by Gasteiger charge is 2.46. The minimum atomic E-state index is -0.821. The molecule has 1 amide bonds. The predicted molar refractivity (Wildman–Crippen MR) is 149 cm³/mol. The molecule has 40 heavy (non-hydrogen) atoms. The molecule has 1 N–H and O–H groups in total. The van der Waals surface area contributed by atoms with Gasteiger partial charge in [-0.2, -0.15) is 0 Å². The number of aliphatic hydroxyl groups is 1. The maximum absolute atomic E-state index is 13.4. The Labute approximate surface area is 231 Å². The molecule has 3 aromatic carbocycles.